The number of hydrogen-bond acceptors (Lipinski definition) is 6. The minimum Gasteiger partial charge on any atom is -0.494 e. The zero-order valence-electron chi connectivity index (χ0n) is 22.9. The van der Waals surface area contributed by atoms with E-state index in [1.807, 2.05) is 30.0 Å². The fourth-order valence-corrected chi connectivity index (χ4v) is 7.53. The highest BCUT2D eigenvalue weighted by atomic mass is 32.2. The molecule has 0 saturated carbocycles. The highest BCUT2D eigenvalue weighted by Gasteiger charge is 2.54. The van der Waals surface area contributed by atoms with Crippen molar-refractivity contribution < 1.29 is 23.7 Å². The number of urea groups is 1. The molecule has 6 rings (SSSR count). The smallest absolute Gasteiger partial charge is 0.494 e. The Balaban J connectivity index is 1.27. The van der Waals surface area contributed by atoms with Crippen LogP contribution in [0.15, 0.2) is 65.1 Å². The standard InChI is InChI=1S/C31H35N4O4S/c1-2-39-24-15-13-23(14-16-24)35-29(37)28-25-11-7-4-8-12-26(25)40-30(28)34(31(35)38)21-27(36)33-19-17-32(18-20-33)22-9-5-3-6-10-22/h3,5-6,9-10,13-16,28H,2,4,7-8,11-12,17-21H2,1H3/q+1. The first-order valence-electron chi connectivity index (χ1n) is 14.3. The molecule has 8 nitrogen and oxygen atoms in total. The van der Waals surface area contributed by atoms with E-state index in [0.717, 1.165) is 56.5 Å². The van der Waals surface area contributed by atoms with Crippen molar-refractivity contribution in [1.82, 2.24) is 4.90 Å². The van der Waals surface area contributed by atoms with E-state index in [2.05, 4.69) is 17.0 Å². The van der Waals surface area contributed by atoms with E-state index in [0.29, 0.717) is 36.2 Å². The van der Waals surface area contributed by atoms with Crippen LogP contribution in [0.1, 0.15) is 39.0 Å². The number of para-hydroxylation sites is 1. The summed E-state index contributed by atoms with van der Waals surface area (Å²) in [7, 11) is 0. The summed E-state index contributed by atoms with van der Waals surface area (Å²) in [5, 5.41) is 0.709. The topological polar surface area (TPSA) is 73.2 Å². The molecule has 0 bridgehead atoms. The molecule has 3 heterocycles. The number of thioether (sulfide) groups is 1. The van der Waals surface area contributed by atoms with Gasteiger partial charge in [0.2, 0.25) is 0 Å². The lowest BCUT2D eigenvalue weighted by molar-refractivity contribution is -0.416. The second-order valence-corrected chi connectivity index (χ2v) is 11.7. The van der Waals surface area contributed by atoms with E-state index >= 15 is 0 Å². The summed E-state index contributed by atoms with van der Waals surface area (Å²) in [4.78, 5) is 48.2. The van der Waals surface area contributed by atoms with Gasteiger partial charge in [0.25, 0.3) is 5.91 Å². The van der Waals surface area contributed by atoms with E-state index in [-0.39, 0.29) is 18.4 Å². The Morgan fingerprint density at radius 2 is 1.65 bits per heavy atom. The molecule has 1 aliphatic carbocycles. The third-order valence-electron chi connectivity index (χ3n) is 8.14. The van der Waals surface area contributed by atoms with Gasteiger partial charge in [0, 0.05) is 31.9 Å². The monoisotopic (exact) mass is 559 g/mol. The number of anilines is 2. The van der Waals surface area contributed by atoms with Crippen molar-refractivity contribution in [3.05, 3.63) is 65.1 Å². The molecule has 4 aliphatic rings. The summed E-state index contributed by atoms with van der Waals surface area (Å²) < 4.78 is 7.14. The van der Waals surface area contributed by atoms with Crippen molar-refractivity contribution in [2.75, 3.05) is 49.1 Å². The van der Waals surface area contributed by atoms with Gasteiger partial charge in [-0.3, -0.25) is 4.79 Å². The highest BCUT2D eigenvalue weighted by molar-refractivity contribution is 8.17. The van der Waals surface area contributed by atoms with Crippen LogP contribution in [0.4, 0.5) is 16.2 Å². The summed E-state index contributed by atoms with van der Waals surface area (Å²) in [5.74, 6) is -0.118. The summed E-state index contributed by atoms with van der Waals surface area (Å²) >= 11 is 1.55. The SMILES string of the molecule is CCOc1ccc(N2C(=O)C3C4=C(CCCCC4)SC3=[N+](CC(=O)N3CCN(c4ccccc4)CC3)C2=O)cc1. The van der Waals surface area contributed by atoms with Crippen molar-refractivity contribution in [3.8, 4) is 5.75 Å². The number of imide groups is 1. The van der Waals surface area contributed by atoms with Gasteiger partial charge in [0.05, 0.1) is 6.61 Å². The van der Waals surface area contributed by atoms with E-state index in [1.54, 1.807) is 40.6 Å². The van der Waals surface area contributed by atoms with Gasteiger partial charge in [-0.05, 0) is 79.5 Å². The van der Waals surface area contributed by atoms with Gasteiger partial charge in [0.1, 0.15) is 11.4 Å². The van der Waals surface area contributed by atoms with Crippen LogP contribution in [0.5, 0.6) is 5.75 Å². The first-order chi connectivity index (χ1) is 19.5. The number of allylic oxidation sites excluding steroid dienone is 1. The Morgan fingerprint density at radius 3 is 2.38 bits per heavy atom. The normalized spacial score (nSPS) is 21.4. The quantitative estimate of drug-likeness (QED) is 0.469. The molecule has 4 amide bonds. The van der Waals surface area contributed by atoms with Crippen LogP contribution in [0.3, 0.4) is 0 Å². The van der Waals surface area contributed by atoms with Gasteiger partial charge < -0.3 is 14.5 Å². The lowest BCUT2D eigenvalue weighted by Gasteiger charge is -2.36. The van der Waals surface area contributed by atoms with Crippen LogP contribution >= 0.6 is 11.8 Å². The number of benzene rings is 2. The molecule has 40 heavy (non-hydrogen) atoms. The maximum Gasteiger partial charge on any atom is 0.507 e. The second kappa shape index (κ2) is 11.5. The second-order valence-electron chi connectivity index (χ2n) is 10.6. The molecule has 0 N–H and O–H groups in total. The maximum absolute atomic E-state index is 14.0. The summed E-state index contributed by atoms with van der Waals surface area (Å²) in [6, 6.07) is 16.8. The number of fused-ring (bicyclic) bond motifs is 2. The number of carbonyl (C=O) groups is 3. The Hall–Kier alpha value is -3.59. The van der Waals surface area contributed by atoms with Crippen molar-refractivity contribution in [2.45, 2.75) is 39.0 Å². The zero-order chi connectivity index (χ0) is 27.6. The molecular formula is C31H35N4O4S+. The molecule has 1 atom stereocenters. The van der Waals surface area contributed by atoms with Crippen LogP contribution in [0, 0.1) is 5.92 Å². The molecule has 9 heteroatoms. The number of piperazine rings is 1. The van der Waals surface area contributed by atoms with Crippen molar-refractivity contribution in [3.63, 3.8) is 0 Å². The average Bonchev–Trinajstić information content (AvgIpc) is 3.19. The number of rotatable bonds is 6. The molecule has 1 fully saturated rings. The van der Waals surface area contributed by atoms with E-state index < -0.39 is 11.9 Å². The number of amides is 4. The molecule has 1 unspecified atom stereocenters. The van der Waals surface area contributed by atoms with E-state index in [4.69, 9.17) is 4.74 Å². The highest BCUT2D eigenvalue weighted by Crippen LogP contribution is 2.47. The minimum atomic E-state index is -0.495. The molecule has 0 aromatic heterocycles. The van der Waals surface area contributed by atoms with Crippen LogP contribution in [-0.4, -0.2) is 71.7 Å². The third-order valence-corrected chi connectivity index (χ3v) is 9.52. The maximum atomic E-state index is 14.0. The largest absolute Gasteiger partial charge is 0.507 e. The van der Waals surface area contributed by atoms with Crippen LogP contribution < -0.4 is 14.5 Å². The predicted octanol–water partition coefficient (Wildman–Crippen LogP) is 4.89. The molecule has 0 radical (unpaired) electrons. The third kappa shape index (κ3) is 5.03. The van der Waals surface area contributed by atoms with Gasteiger partial charge in [0.15, 0.2) is 17.5 Å². The van der Waals surface area contributed by atoms with Crippen LogP contribution in [0.2, 0.25) is 0 Å². The number of ether oxygens (including phenoxy) is 1. The number of carbonyl (C=O) groups excluding carboxylic acids is 3. The summed E-state index contributed by atoms with van der Waals surface area (Å²) in [6.45, 7) is 5.05. The van der Waals surface area contributed by atoms with E-state index in [9.17, 15) is 14.4 Å². The Kier molecular flexibility index (Phi) is 7.65. The van der Waals surface area contributed by atoms with Gasteiger partial charge in [-0.2, -0.15) is 9.37 Å². The molecule has 0 spiro atoms. The Bertz CT molecular complexity index is 1360. The molecular weight excluding hydrogens is 524 g/mol. The van der Waals surface area contributed by atoms with Crippen molar-refractivity contribution in [1.29, 1.82) is 0 Å². The van der Waals surface area contributed by atoms with Gasteiger partial charge in [-0.25, -0.2) is 4.79 Å². The fourth-order valence-electron chi connectivity index (χ4n) is 6.07. The summed E-state index contributed by atoms with van der Waals surface area (Å²) in [5.41, 5.74) is 2.79. The van der Waals surface area contributed by atoms with Gasteiger partial charge in [-0.1, -0.05) is 36.4 Å². The van der Waals surface area contributed by atoms with Gasteiger partial charge in [-0.15, -0.1) is 4.90 Å². The summed E-state index contributed by atoms with van der Waals surface area (Å²) in [6.07, 6.45) is 5.05. The lowest BCUT2D eigenvalue weighted by atomic mass is 9.93. The Morgan fingerprint density at radius 1 is 0.925 bits per heavy atom. The van der Waals surface area contributed by atoms with Crippen LogP contribution in [0.25, 0.3) is 0 Å². The molecule has 1 saturated heterocycles. The van der Waals surface area contributed by atoms with Crippen LogP contribution in [-0.2, 0) is 9.59 Å². The molecule has 2 aromatic carbocycles. The number of nitrogens with zero attached hydrogens (tertiary/aromatic N) is 4. The molecule has 3 aliphatic heterocycles. The zero-order valence-corrected chi connectivity index (χ0v) is 23.7. The first kappa shape index (κ1) is 26.6. The molecule has 208 valence electrons. The van der Waals surface area contributed by atoms with Gasteiger partial charge >= 0.3 is 11.9 Å². The average molecular weight is 560 g/mol. The molecule has 2 aromatic rings. The number of hydrogen-bond donors (Lipinski definition) is 0. The van der Waals surface area contributed by atoms with E-state index in [1.165, 1.54) is 9.81 Å². The lowest BCUT2D eigenvalue weighted by Crippen LogP contribution is -2.57. The fraction of sp³-hybridized carbons (Fsp3) is 0.419. The minimum absolute atomic E-state index is 0.0651. The first-order valence-corrected chi connectivity index (χ1v) is 15.1. The predicted molar refractivity (Wildman–Crippen MR) is 157 cm³/mol. The Labute approximate surface area is 239 Å². The van der Waals surface area contributed by atoms with Crippen molar-refractivity contribution >= 4 is 46.0 Å². The van der Waals surface area contributed by atoms with Crippen molar-refractivity contribution in [2.24, 2.45) is 5.92 Å².